The molecule has 16 heavy (non-hydrogen) atoms. The van der Waals surface area contributed by atoms with E-state index < -0.39 is 0 Å². The molecule has 0 amide bonds. The van der Waals surface area contributed by atoms with E-state index in [1.165, 1.54) is 57.8 Å². The molecular formula is C15H33N. The van der Waals surface area contributed by atoms with Gasteiger partial charge in [-0.2, -0.15) is 0 Å². The molecule has 98 valence electrons. The Bertz CT molecular complexity index is 127. The summed E-state index contributed by atoms with van der Waals surface area (Å²) in [7, 11) is 0. The van der Waals surface area contributed by atoms with E-state index in [1.807, 2.05) is 0 Å². The quantitative estimate of drug-likeness (QED) is 0.541. The molecule has 0 aromatic carbocycles. The Labute approximate surface area is 103 Å². The molecule has 0 rings (SSSR count). The lowest BCUT2D eigenvalue weighted by Gasteiger charge is -2.22. The fourth-order valence-corrected chi connectivity index (χ4v) is 2.86. The van der Waals surface area contributed by atoms with Crippen molar-refractivity contribution in [2.24, 2.45) is 17.6 Å². The maximum Gasteiger partial charge on any atom is -0.00772 e. The van der Waals surface area contributed by atoms with E-state index >= 15 is 0 Å². The highest BCUT2D eigenvalue weighted by molar-refractivity contribution is 4.67. The molecule has 0 aromatic rings. The first-order valence-corrected chi connectivity index (χ1v) is 7.48. The Hall–Kier alpha value is -0.0400. The highest BCUT2D eigenvalue weighted by Gasteiger charge is 2.14. The van der Waals surface area contributed by atoms with Crippen LogP contribution in [-0.2, 0) is 0 Å². The van der Waals surface area contributed by atoms with Crippen molar-refractivity contribution in [3.05, 3.63) is 0 Å². The summed E-state index contributed by atoms with van der Waals surface area (Å²) in [5.41, 5.74) is 5.62. The van der Waals surface area contributed by atoms with Gasteiger partial charge in [0.1, 0.15) is 0 Å². The van der Waals surface area contributed by atoms with Gasteiger partial charge < -0.3 is 5.73 Å². The maximum absolute atomic E-state index is 5.62. The first kappa shape index (κ1) is 16.0. The molecule has 0 aromatic heterocycles. The van der Waals surface area contributed by atoms with Gasteiger partial charge in [-0.15, -0.1) is 0 Å². The second-order valence-corrected chi connectivity index (χ2v) is 5.26. The van der Waals surface area contributed by atoms with Crippen LogP contribution in [0.2, 0.25) is 0 Å². The predicted molar refractivity (Wildman–Crippen MR) is 74.6 cm³/mol. The molecular weight excluding hydrogens is 194 g/mol. The Morgan fingerprint density at radius 1 is 0.750 bits per heavy atom. The van der Waals surface area contributed by atoms with Crippen LogP contribution in [0.4, 0.5) is 0 Å². The van der Waals surface area contributed by atoms with Crippen LogP contribution >= 0.6 is 0 Å². The second kappa shape index (κ2) is 11.4. The lowest BCUT2D eigenvalue weighted by molar-refractivity contribution is 0.299. The van der Waals surface area contributed by atoms with Gasteiger partial charge in [0.2, 0.25) is 0 Å². The fourth-order valence-electron chi connectivity index (χ4n) is 2.86. The van der Waals surface area contributed by atoms with Gasteiger partial charge in [-0.05, 0) is 37.6 Å². The van der Waals surface area contributed by atoms with Crippen LogP contribution < -0.4 is 5.73 Å². The predicted octanol–water partition coefficient (Wildman–Crippen LogP) is 4.75. The standard InChI is InChI=1S/C15H33N/c1-4-8-14(9-5-2)13-15(10-6-3)11-7-12-16/h14-15H,4-13,16H2,1-3H3. The number of hydrogen-bond acceptors (Lipinski definition) is 1. The third-order valence-corrected chi connectivity index (χ3v) is 3.57. The third-order valence-electron chi connectivity index (χ3n) is 3.57. The normalized spacial score (nSPS) is 13.3. The lowest BCUT2D eigenvalue weighted by atomic mass is 9.84. The van der Waals surface area contributed by atoms with Gasteiger partial charge in [0.15, 0.2) is 0 Å². The molecule has 2 N–H and O–H groups in total. The van der Waals surface area contributed by atoms with Crippen molar-refractivity contribution in [2.75, 3.05) is 6.54 Å². The van der Waals surface area contributed by atoms with Crippen LogP contribution in [0.1, 0.15) is 78.6 Å². The van der Waals surface area contributed by atoms with Crippen LogP contribution in [0.5, 0.6) is 0 Å². The number of nitrogens with two attached hydrogens (primary N) is 1. The van der Waals surface area contributed by atoms with Gasteiger partial charge >= 0.3 is 0 Å². The SMILES string of the molecule is CCCC(CCC)CC(CCC)CCCN. The van der Waals surface area contributed by atoms with Crippen molar-refractivity contribution in [3.8, 4) is 0 Å². The van der Waals surface area contributed by atoms with Crippen molar-refractivity contribution in [2.45, 2.75) is 78.6 Å². The van der Waals surface area contributed by atoms with E-state index in [-0.39, 0.29) is 0 Å². The minimum Gasteiger partial charge on any atom is -0.330 e. The highest BCUT2D eigenvalue weighted by atomic mass is 14.5. The maximum atomic E-state index is 5.62. The van der Waals surface area contributed by atoms with Gasteiger partial charge in [0.05, 0.1) is 0 Å². The van der Waals surface area contributed by atoms with Gasteiger partial charge in [-0.1, -0.05) is 59.3 Å². The molecule has 0 aliphatic rings. The molecule has 1 heteroatoms. The monoisotopic (exact) mass is 227 g/mol. The van der Waals surface area contributed by atoms with Crippen LogP contribution in [0, 0.1) is 11.8 Å². The lowest BCUT2D eigenvalue weighted by Crippen LogP contribution is -2.11. The Balaban J connectivity index is 3.98. The van der Waals surface area contributed by atoms with Gasteiger partial charge in [-0.25, -0.2) is 0 Å². The topological polar surface area (TPSA) is 26.0 Å². The summed E-state index contributed by atoms with van der Waals surface area (Å²) in [5.74, 6) is 1.92. The van der Waals surface area contributed by atoms with E-state index in [9.17, 15) is 0 Å². The number of hydrogen-bond donors (Lipinski definition) is 1. The van der Waals surface area contributed by atoms with Crippen LogP contribution in [0.3, 0.4) is 0 Å². The van der Waals surface area contributed by atoms with Crippen molar-refractivity contribution < 1.29 is 0 Å². The van der Waals surface area contributed by atoms with E-state index in [4.69, 9.17) is 5.73 Å². The Morgan fingerprint density at radius 3 is 1.56 bits per heavy atom. The molecule has 0 bridgehead atoms. The molecule has 1 unspecified atom stereocenters. The largest absolute Gasteiger partial charge is 0.330 e. The van der Waals surface area contributed by atoms with Gasteiger partial charge in [-0.3, -0.25) is 0 Å². The zero-order valence-corrected chi connectivity index (χ0v) is 11.8. The average Bonchev–Trinajstić information content (AvgIpc) is 2.27. The zero-order valence-electron chi connectivity index (χ0n) is 11.8. The summed E-state index contributed by atoms with van der Waals surface area (Å²) in [6.07, 6.45) is 12.3. The Morgan fingerprint density at radius 2 is 1.19 bits per heavy atom. The van der Waals surface area contributed by atoms with Crippen LogP contribution in [-0.4, -0.2) is 6.54 Å². The molecule has 0 fully saturated rings. The molecule has 0 saturated carbocycles. The van der Waals surface area contributed by atoms with Crippen molar-refractivity contribution in [3.63, 3.8) is 0 Å². The van der Waals surface area contributed by atoms with Crippen molar-refractivity contribution in [1.29, 1.82) is 0 Å². The summed E-state index contributed by atoms with van der Waals surface area (Å²) in [6, 6.07) is 0. The zero-order chi connectivity index (χ0) is 12.2. The van der Waals surface area contributed by atoms with E-state index in [2.05, 4.69) is 20.8 Å². The summed E-state index contributed by atoms with van der Waals surface area (Å²) < 4.78 is 0. The molecule has 0 saturated heterocycles. The molecule has 0 radical (unpaired) electrons. The average molecular weight is 227 g/mol. The first-order valence-electron chi connectivity index (χ1n) is 7.48. The fraction of sp³-hybridized carbons (Fsp3) is 1.00. The van der Waals surface area contributed by atoms with Gasteiger partial charge in [0, 0.05) is 0 Å². The summed E-state index contributed by atoms with van der Waals surface area (Å²) in [6.45, 7) is 7.81. The molecule has 0 spiro atoms. The third kappa shape index (κ3) is 8.15. The molecule has 1 nitrogen and oxygen atoms in total. The molecule has 1 atom stereocenters. The van der Waals surface area contributed by atoms with Crippen molar-refractivity contribution in [1.82, 2.24) is 0 Å². The van der Waals surface area contributed by atoms with Crippen LogP contribution in [0.25, 0.3) is 0 Å². The second-order valence-electron chi connectivity index (χ2n) is 5.26. The van der Waals surface area contributed by atoms with Gasteiger partial charge in [0.25, 0.3) is 0 Å². The minimum atomic E-state index is 0.867. The van der Waals surface area contributed by atoms with E-state index in [0.717, 1.165) is 18.4 Å². The summed E-state index contributed by atoms with van der Waals surface area (Å²) in [4.78, 5) is 0. The van der Waals surface area contributed by atoms with Crippen LogP contribution in [0.15, 0.2) is 0 Å². The first-order chi connectivity index (χ1) is 7.78. The molecule has 0 heterocycles. The molecule has 0 aliphatic carbocycles. The smallest absolute Gasteiger partial charge is 0.00772 e. The van der Waals surface area contributed by atoms with E-state index in [1.54, 1.807) is 0 Å². The summed E-state index contributed by atoms with van der Waals surface area (Å²) >= 11 is 0. The Kier molecular flexibility index (Phi) is 11.4. The molecule has 0 aliphatic heterocycles. The summed E-state index contributed by atoms with van der Waals surface area (Å²) in [5, 5.41) is 0. The minimum absolute atomic E-state index is 0.867. The van der Waals surface area contributed by atoms with E-state index in [0.29, 0.717) is 0 Å². The number of rotatable bonds is 11. The highest BCUT2D eigenvalue weighted by Crippen LogP contribution is 2.27. The van der Waals surface area contributed by atoms with Crippen molar-refractivity contribution >= 4 is 0 Å².